The lowest BCUT2D eigenvalue weighted by molar-refractivity contribution is 0.483. The van der Waals surface area contributed by atoms with Gasteiger partial charge in [0.15, 0.2) is 0 Å². The normalized spacial score (nSPS) is 11.2. The van der Waals surface area contributed by atoms with Crippen LogP contribution in [0.2, 0.25) is 0 Å². The molecule has 0 heterocycles. The second-order valence-electron chi connectivity index (χ2n) is 5.13. The molecule has 2 rings (SSSR count). The van der Waals surface area contributed by atoms with Gasteiger partial charge in [-0.3, -0.25) is 4.55 Å². The summed E-state index contributed by atoms with van der Waals surface area (Å²) in [7, 11) is -4.18. The summed E-state index contributed by atoms with van der Waals surface area (Å²) in [5, 5.41) is 0. The first-order valence-corrected chi connectivity index (χ1v) is 8.33. The largest absolute Gasteiger partial charge is 0.363 e. The predicted molar refractivity (Wildman–Crippen MR) is 88.7 cm³/mol. The molecule has 0 aliphatic carbocycles. The minimum Gasteiger partial charge on any atom is -0.363 e. The van der Waals surface area contributed by atoms with Crippen molar-refractivity contribution in [2.75, 3.05) is 11.4 Å². The standard InChI is InChI=1S/C17H19NO3S/c1-3-10-18(16-8-4-6-14(2)11-16)13-15-7-5-9-17(12-15)22(19,20)21/h3-9,11-12H,1,10,13H2,2H3,(H,19,20,21). The molecule has 2 aromatic carbocycles. The third-order valence-corrected chi connectivity index (χ3v) is 4.14. The molecule has 2 aromatic rings. The summed E-state index contributed by atoms with van der Waals surface area (Å²) in [4.78, 5) is 2.00. The van der Waals surface area contributed by atoms with Crippen molar-refractivity contribution in [3.63, 3.8) is 0 Å². The maximum Gasteiger partial charge on any atom is 0.294 e. The van der Waals surface area contributed by atoms with Gasteiger partial charge in [0.25, 0.3) is 10.1 Å². The van der Waals surface area contributed by atoms with E-state index in [-0.39, 0.29) is 4.90 Å². The van der Waals surface area contributed by atoms with E-state index in [1.165, 1.54) is 12.1 Å². The van der Waals surface area contributed by atoms with Crippen LogP contribution in [0.25, 0.3) is 0 Å². The molecule has 1 N–H and O–H groups in total. The van der Waals surface area contributed by atoms with Gasteiger partial charge in [0.1, 0.15) is 0 Å². The quantitative estimate of drug-likeness (QED) is 0.655. The summed E-state index contributed by atoms with van der Waals surface area (Å²) in [5.74, 6) is 0. The van der Waals surface area contributed by atoms with Gasteiger partial charge in [-0.2, -0.15) is 8.42 Å². The number of hydrogen-bond acceptors (Lipinski definition) is 3. The van der Waals surface area contributed by atoms with Crippen LogP contribution in [-0.2, 0) is 16.7 Å². The lowest BCUT2D eigenvalue weighted by Crippen LogP contribution is -2.22. The molecular weight excluding hydrogens is 298 g/mol. The lowest BCUT2D eigenvalue weighted by atomic mass is 10.1. The van der Waals surface area contributed by atoms with Gasteiger partial charge in [0, 0.05) is 18.8 Å². The first kappa shape index (κ1) is 16.3. The van der Waals surface area contributed by atoms with Gasteiger partial charge >= 0.3 is 0 Å². The molecule has 0 amide bonds. The van der Waals surface area contributed by atoms with E-state index in [1.54, 1.807) is 12.1 Å². The summed E-state index contributed by atoms with van der Waals surface area (Å²) < 4.78 is 31.6. The first-order chi connectivity index (χ1) is 10.4. The molecule has 5 heteroatoms. The molecule has 0 saturated heterocycles. The number of anilines is 1. The summed E-state index contributed by atoms with van der Waals surface area (Å²) >= 11 is 0. The molecule has 0 spiro atoms. The van der Waals surface area contributed by atoms with Gasteiger partial charge in [-0.15, -0.1) is 6.58 Å². The molecule has 0 bridgehead atoms. The maximum atomic E-state index is 11.2. The van der Waals surface area contributed by atoms with Crippen LogP contribution < -0.4 is 4.90 Å². The Labute approximate surface area is 131 Å². The Balaban J connectivity index is 2.30. The molecule has 0 aliphatic heterocycles. The van der Waals surface area contributed by atoms with E-state index >= 15 is 0 Å². The predicted octanol–water partition coefficient (Wildman–Crippen LogP) is 3.43. The lowest BCUT2D eigenvalue weighted by Gasteiger charge is -2.24. The zero-order chi connectivity index (χ0) is 16.2. The topological polar surface area (TPSA) is 57.6 Å². The summed E-state index contributed by atoms with van der Waals surface area (Å²) in [5.41, 5.74) is 2.99. The summed E-state index contributed by atoms with van der Waals surface area (Å²) in [6.07, 6.45) is 1.80. The van der Waals surface area contributed by atoms with Crippen LogP contribution in [0.3, 0.4) is 0 Å². The summed E-state index contributed by atoms with van der Waals surface area (Å²) in [6.45, 7) is 6.96. The van der Waals surface area contributed by atoms with Crippen molar-refractivity contribution in [2.24, 2.45) is 0 Å². The zero-order valence-electron chi connectivity index (χ0n) is 12.4. The third kappa shape index (κ3) is 4.19. The Morgan fingerprint density at radius 3 is 2.55 bits per heavy atom. The van der Waals surface area contributed by atoms with Crippen LogP contribution in [0.4, 0.5) is 5.69 Å². The molecule has 0 aliphatic rings. The van der Waals surface area contributed by atoms with Gasteiger partial charge in [-0.25, -0.2) is 0 Å². The monoisotopic (exact) mass is 317 g/mol. The van der Waals surface area contributed by atoms with Crippen LogP contribution in [0, 0.1) is 6.92 Å². The van der Waals surface area contributed by atoms with E-state index in [2.05, 4.69) is 17.5 Å². The van der Waals surface area contributed by atoms with Crippen molar-refractivity contribution in [3.8, 4) is 0 Å². The van der Waals surface area contributed by atoms with Crippen molar-refractivity contribution in [2.45, 2.75) is 18.4 Å². The summed E-state index contributed by atoms with van der Waals surface area (Å²) in [6, 6.07) is 14.4. The first-order valence-electron chi connectivity index (χ1n) is 6.89. The van der Waals surface area contributed by atoms with Crippen LogP contribution in [0.1, 0.15) is 11.1 Å². The highest BCUT2D eigenvalue weighted by molar-refractivity contribution is 7.85. The highest BCUT2D eigenvalue weighted by Crippen LogP contribution is 2.20. The molecule has 116 valence electrons. The second-order valence-corrected chi connectivity index (χ2v) is 6.55. The average molecular weight is 317 g/mol. The Bertz CT molecular complexity index is 769. The minimum atomic E-state index is -4.18. The highest BCUT2D eigenvalue weighted by atomic mass is 32.2. The van der Waals surface area contributed by atoms with E-state index in [1.807, 2.05) is 31.2 Å². The van der Waals surface area contributed by atoms with Crippen molar-refractivity contribution in [1.82, 2.24) is 0 Å². The van der Waals surface area contributed by atoms with E-state index in [4.69, 9.17) is 4.55 Å². The van der Waals surface area contributed by atoms with E-state index in [0.717, 1.165) is 16.8 Å². The molecule has 0 radical (unpaired) electrons. The van der Waals surface area contributed by atoms with Crippen LogP contribution in [0.5, 0.6) is 0 Å². The van der Waals surface area contributed by atoms with Crippen LogP contribution >= 0.6 is 0 Å². The van der Waals surface area contributed by atoms with E-state index < -0.39 is 10.1 Å². The SMILES string of the molecule is C=CCN(Cc1cccc(S(=O)(=O)O)c1)c1cccc(C)c1. The fourth-order valence-corrected chi connectivity index (χ4v) is 2.82. The molecular formula is C17H19NO3S. The third-order valence-electron chi connectivity index (χ3n) is 3.29. The van der Waals surface area contributed by atoms with Crippen molar-refractivity contribution in [1.29, 1.82) is 0 Å². The Kier molecular flexibility index (Phi) is 5.00. The number of nitrogens with zero attached hydrogens (tertiary/aromatic N) is 1. The number of hydrogen-bond donors (Lipinski definition) is 1. The molecule has 22 heavy (non-hydrogen) atoms. The molecule has 0 atom stereocenters. The molecule has 0 fully saturated rings. The van der Waals surface area contributed by atoms with Gasteiger partial charge in [-0.1, -0.05) is 30.3 Å². The Hall–Kier alpha value is -2.11. The van der Waals surface area contributed by atoms with Crippen molar-refractivity contribution >= 4 is 15.8 Å². The van der Waals surface area contributed by atoms with Crippen LogP contribution in [0.15, 0.2) is 66.1 Å². The Morgan fingerprint density at radius 2 is 1.91 bits per heavy atom. The van der Waals surface area contributed by atoms with Gasteiger partial charge in [0.2, 0.25) is 0 Å². The number of rotatable bonds is 6. The Morgan fingerprint density at radius 1 is 1.18 bits per heavy atom. The number of benzene rings is 2. The minimum absolute atomic E-state index is 0.0900. The van der Waals surface area contributed by atoms with Gasteiger partial charge in [0.05, 0.1) is 4.90 Å². The fourth-order valence-electron chi connectivity index (χ4n) is 2.27. The highest BCUT2D eigenvalue weighted by Gasteiger charge is 2.11. The van der Waals surface area contributed by atoms with E-state index in [0.29, 0.717) is 13.1 Å². The van der Waals surface area contributed by atoms with Gasteiger partial charge < -0.3 is 4.90 Å². The number of aryl methyl sites for hydroxylation is 1. The molecule has 4 nitrogen and oxygen atoms in total. The smallest absolute Gasteiger partial charge is 0.294 e. The zero-order valence-corrected chi connectivity index (χ0v) is 13.3. The molecule has 0 saturated carbocycles. The van der Waals surface area contributed by atoms with Gasteiger partial charge in [-0.05, 0) is 42.3 Å². The average Bonchev–Trinajstić information content (AvgIpc) is 2.46. The van der Waals surface area contributed by atoms with E-state index in [9.17, 15) is 8.42 Å². The van der Waals surface area contributed by atoms with Crippen LogP contribution in [-0.4, -0.2) is 19.5 Å². The second kappa shape index (κ2) is 6.77. The van der Waals surface area contributed by atoms with Crippen molar-refractivity contribution < 1.29 is 13.0 Å². The maximum absolute atomic E-state index is 11.2. The van der Waals surface area contributed by atoms with Crippen molar-refractivity contribution in [3.05, 3.63) is 72.3 Å². The molecule has 0 unspecified atom stereocenters. The fraction of sp³-hybridized carbons (Fsp3) is 0.176. The molecule has 0 aromatic heterocycles.